The first-order chi connectivity index (χ1) is 10.5. The molecule has 2 heterocycles. The molecule has 0 radical (unpaired) electrons. The van der Waals surface area contributed by atoms with Gasteiger partial charge in [0.25, 0.3) is 11.8 Å². The van der Waals surface area contributed by atoms with Crippen LogP contribution in [0.3, 0.4) is 0 Å². The molecule has 4 nitrogen and oxygen atoms in total. The first-order valence-corrected chi connectivity index (χ1v) is 7.74. The predicted molar refractivity (Wildman–Crippen MR) is 89.3 cm³/mol. The molecule has 0 aliphatic heterocycles. The van der Waals surface area contributed by atoms with Crippen molar-refractivity contribution in [3.63, 3.8) is 0 Å². The summed E-state index contributed by atoms with van der Waals surface area (Å²) in [5.74, 6) is 2.20. The van der Waals surface area contributed by atoms with Crippen molar-refractivity contribution in [1.82, 2.24) is 10.2 Å². The monoisotopic (exact) mass is 378 g/mol. The maximum absolute atomic E-state index is 6.26. The minimum atomic E-state index is 0.273. The largest absolute Gasteiger partial charge is 0.466 e. The Bertz CT molecular complexity index is 851. The van der Waals surface area contributed by atoms with Crippen LogP contribution in [0.15, 0.2) is 43.6 Å². The fraction of sp³-hybridized carbons (Fsp3) is 0.125. The van der Waals surface area contributed by atoms with E-state index in [2.05, 4.69) is 26.1 Å². The summed E-state index contributed by atoms with van der Waals surface area (Å²) in [5, 5.41) is 8.40. The van der Waals surface area contributed by atoms with Crippen LogP contribution in [0.4, 0.5) is 0 Å². The SMILES string of the molecule is Cc1cc(-c2nnc(/C(Cl)=C/c3cccc(Br)c3)o2)c(C)o1. The van der Waals surface area contributed by atoms with Gasteiger partial charge in [-0.2, -0.15) is 0 Å². The fourth-order valence-electron chi connectivity index (χ4n) is 2.08. The molecular weight excluding hydrogens is 368 g/mol. The van der Waals surface area contributed by atoms with Crippen LogP contribution in [-0.2, 0) is 0 Å². The van der Waals surface area contributed by atoms with Crippen molar-refractivity contribution in [3.05, 3.63) is 57.8 Å². The van der Waals surface area contributed by atoms with Gasteiger partial charge in [-0.05, 0) is 43.7 Å². The molecule has 0 aliphatic rings. The van der Waals surface area contributed by atoms with Crippen LogP contribution in [0.2, 0.25) is 0 Å². The lowest BCUT2D eigenvalue weighted by molar-refractivity contribution is 0.502. The van der Waals surface area contributed by atoms with Crippen molar-refractivity contribution in [1.29, 1.82) is 0 Å². The molecule has 0 spiro atoms. The zero-order valence-corrected chi connectivity index (χ0v) is 14.3. The Balaban J connectivity index is 1.92. The molecule has 3 aromatic rings. The van der Waals surface area contributed by atoms with Gasteiger partial charge in [0.2, 0.25) is 0 Å². The third kappa shape index (κ3) is 3.15. The molecule has 0 saturated carbocycles. The Kier molecular flexibility index (Phi) is 4.18. The average Bonchev–Trinajstić information content (AvgIpc) is 3.05. The molecule has 2 aromatic heterocycles. The predicted octanol–water partition coefficient (Wildman–Crippen LogP) is 5.45. The molecule has 0 N–H and O–H groups in total. The molecule has 0 amide bonds. The number of aromatic nitrogens is 2. The highest BCUT2D eigenvalue weighted by molar-refractivity contribution is 9.10. The second kappa shape index (κ2) is 6.10. The summed E-state index contributed by atoms with van der Waals surface area (Å²) in [6.07, 6.45) is 1.77. The topological polar surface area (TPSA) is 52.1 Å². The van der Waals surface area contributed by atoms with E-state index in [0.717, 1.165) is 27.1 Å². The van der Waals surface area contributed by atoms with Crippen molar-refractivity contribution in [2.75, 3.05) is 0 Å². The number of hydrogen-bond acceptors (Lipinski definition) is 4. The van der Waals surface area contributed by atoms with Gasteiger partial charge in [0, 0.05) is 4.47 Å². The zero-order chi connectivity index (χ0) is 15.7. The van der Waals surface area contributed by atoms with Crippen LogP contribution in [0, 0.1) is 13.8 Å². The maximum atomic E-state index is 6.26. The van der Waals surface area contributed by atoms with Gasteiger partial charge in [0.15, 0.2) is 0 Å². The molecule has 0 atom stereocenters. The number of furan rings is 1. The first kappa shape index (κ1) is 15.1. The molecule has 3 rings (SSSR count). The highest BCUT2D eigenvalue weighted by Gasteiger charge is 2.16. The third-order valence-electron chi connectivity index (χ3n) is 3.04. The summed E-state index contributed by atoms with van der Waals surface area (Å²) >= 11 is 9.68. The van der Waals surface area contributed by atoms with Gasteiger partial charge in [0.05, 0.1) is 5.56 Å². The second-order valence-corrected chi connectivity index (χ2v) is 6.11. The third-order valence-corrected chi connectivity index (χ3v) is 3.81. The van der Waals surface area contributed by atoms with Crippen LogP contribution < -0.4 is 0 Å². The number of nitrogens with zero attached hydrogens (tertiary/aromatic N) is 2. The number of halogens is 2. The molecule has 0 aliphatic carbocycles. The zero-order valence-electron chi connectivity index (χ0n) is 11.9. The summed E-state index contributed by atoms with van der Waals surface area (Å²) in [6, 6.07) is 9.62. The smallest absolute Gasteiger partial charge is 0.259 e. The maximum Gasteiger partial charge on any atom is 0.259 e. The molecule has 0 fully saturated rings. The van der Waals surface area contributed by atoms with E-state index >= 15 is 0 Å². The van der Waals surface area contributed by atoms with Crippen molar-refractivity contribution in [2.24, 2.45) is 0 Å². The first-order valence-electron chi connectivity index (χ1n) is 6.57. The summed E-state index contributed by atoms with van der Waals surface area (Å²) in [4.78, 5) is 0. The molecule has 0 saturated heterocycles. The van der Waals surface area contributed by atoms with E-state index in [0.29, 0.717) is 10.9 Å². The lowest BCUT2D eigenvalue weighted by Gasteiger charge is -1.96. The number of hydrogen-bond donors (Lipinski definition) is 0. The van der Waals surface area contributed by atoms with Crippen LogP contribution in [0.5, 0.6) is 0 Å². The molecule has 0 bridgehead atoms. The fourth-order valence-corrected chi connectivity index (χ4v) is 2.70. The van der Waals surface area contributed by atoms with Gasteiger partial charge in [0.1, 0.15) is 16.6 Å². The van der Waals surface area contributed by atoms with E-state index in [4.69, 9.17) is 20.4 Å². The average molecular weight is 380 g/mol. The van der Waals surface area contributed by atoms with Crippen molar-refractivity contribution in [3.8, 4) is 11.5 Å². The Morgan fingerprint density at radius 3 is 2.68 bits per heavy atom. The van der Waals surface area contributed by atoms with Gasteiger partial charge < -0.3 is 8.83 Å². The molecule has 0 unspecified atom stereocenters. The molecule has 1 aromatic carbocycles. The van der Waals surface area contributed by atoms with Crippen molar-refractivity contribution >= 4 is 38.6 Å². The van der Waals surface area contributed by atoms with Crippen LogP contribution >= 0.6 is 27.5 Å². The molecular formula is C16H12BrClN2O2. The van der Waals surface area contributed by atoms with Crippen LogP contribution in [0.1, 0.15) is 23.0 Å². The Morgan fingerprint density at radius 1 is 1.18 bits per heavy atom. The lowest BCUT2D eigenvalue weighted by atomic mass is 10.2. The van der Waals surface area contributed by atoms with Gasteiger partial charge in [-0.1, -0.05) is 39.7 Å². The summed E-state index contributed by atoms with van der Waals surface area (Å²) in [5.41, 5.74) is 1.72. The minimum absolute atomic E-state index is 0.273. The van der Waals surface area contributed by atoms with E-state index in [1.165, 1.54) is 0 Å². The molecule has 6 heteroatoms. The van der Waals surface area contributed by atoms with E-state index in [9.17, 15) is 0 Å². The standard InChI is InChI=1S/C16H12BrClN2O2/c1-9-6-13(10(2)21-9)15-19-20-16(22-15)14(18)8-11-4-3-5-12(17)7-11/h3-8H,1-2H3/b14-8-. The van der Waals surface area contributed by atoms with Crippen molar-refractivity contribution < 1.29 is 8.83 Å². The highest BCUT2D eigenvalue weighted by Crippen LogP contribution is 2.29. The van der Waals surface area contributed by atoms with Gasteiger partial charge in [-0.15, -0.1) is 10.2 Å². The van der Waals surface area contributed by atoms with Gasteiger partial charge >= 0.3 is 0 Å². The summed E-state index contributed by atoms with van der Waals surface area (Å²) in [7, 11) is 0. The number of aryl methyl sites for hydroxylation is 2. The Labute approximate surface area is 140 Å². The molecule has 22 heavy (non-hydrogen) atoms. The van der Waals surface area contributed by atoms with Crippen LogP contribution in [0.25, 0.3) is 22.6 Å². The normalized spacial score (nSPS) is 11.9. The molecule has 112 valence electrons. The lowest BCUT2D eigenvalue weighted by Crippen LogP contribution is -1.78. The summed E-state index contributed by atoms with van der Waals surface area (Å²) < 4.78 is 12.1. The van der Waals surface area contributed by atoms with Gasteiger partial charge in [-0.3, -0.25) is 0 Å². The Hall–Kier alpha value is -1.85. The van der Waals surface area contributed by atoms with Crippen LogP contribution in [-0.4, -0.2) is 10.2 Å². The van der Waals surface area contributed by atoms with Crippen molar-refractivity contribution in [2.45, 2.75) is 13.8 Å². The Morgan fingerprint density at radius 2 is 2.00 bits per heavy atom. The highest BCUT2D eigenvalue weighted by atomic mass is 79.9. The minimum Gasteiger partial charge on any atom is -0.466 e. The van der Waals surface area contributed by atoms with E-state index < -0.39 is 0 Å². The van der Waals surface area contributed by atoms with E-state index in [-0.39, 0.29) is 5.89 Å². The number of rotatable bonds is 3. The second-order valence-electron chi connectivity index (χ2n) is 4.79. The van der Waals surface area contributed by atoms with Gasteiger partial charge in [-0.25, -0.2) is 0 Å². The van der Waals surface area contributed by atoms with E-state index in [1.54, 1.807) is 6.08 Å². The summed E-state index contributed by atoms with van der Waals surface area (Å²) in [6.45, 7) is 3.72. The quantitative estimate of drug-likeness (QED) is 0.607. The van der Waals surface area contributed by atoms with E-state index in [1.807, 2.05) is 44.2 Å². The number of benzene rings is 1.